The minimum absolute atomic E-state index is 0.0544. The number of hydrogen-bond acceptors (Lipinski definition) is 5. The SMILES string of the molecule is CCn1cc(C(=O)O)c(=O)c2cc(F)c(N3CCN(O)CC3)cc21. The molecule has 0 saturated carbocycles. The molecule has 0 atom stereocenters. The Kier molecular flexibility index (Phi) is 4.25. The largest absolute Gasteiger partial charge is 0.477 e. The zero-order chi connectivity index (χ0) is 17.4. The average molecular weight is 335 g/mol. The molecule has 128 valence electrons. The van der Waals surface area contributed by atoms with Gasteiger partial charge in [0.1, 0.15) is 11.4 Å². The predicted octanol–water partition coefficient (Wildman–Crippen LogP) is 1.37. The lowest BCUT2D eigenvalue weighted by atomic mass is 10.1. The van der Waals surface area contributed by atoms with E-state index in [1.165, 1.54) is 11.3 Å². The molecule has 1 aromatic carbocycles. The van der Waals surface area contributed by atoms with Gasteiger partial charge in [0.2, 0.25) is 5.43 Å². The van der Waals surface area contributed by atoms with E-state index in [-0.39, 0.29) is 10.9 Å². The molecule has 0 aliphatic carbocycles. The van der Waals surface area contributed by atoms with Crippen LogP contribution in [0, 0.1) is 5.82 Å². The van der Waals surface area contributed by atoms with Gasteiger partial charge in [0.05, 0.1) is 11.2 Å². The van der Waals surface area contributed by atoms with Crippen molar-refractivity contribution >= 4 is 22.6 Å². The number of nitrogens with zero attached hydrogens (tertiary/aromatic N) is 3. The normalized spacial score (nSPS) is 15.9. The van der Waals surface area contributed by atoms with E-state index < -0.39 is 17.2 Å². The molecule has 1 aliphatic heterocycles. The van der Waals surface area contributed by atoms with E-state index in [1.807, 2.05) is 6.92 Å². The van der Waals surface area contributed by atoms with Crippen molar-refractivity contribution in [2.75, 3.05) is 31.1 Å². The smallest absolute Gasteiger partial charge is 0.341 e. The van der Waals surface area contributed by atoms with E-state index in [0.717, 1.165) is 6.07 Å². The van der Waals surface area contributed by atoms with Crippen LogP contribution in [-0.2, 0) is 6.54 Å². The van der Waals surface area contributed by atoms with Crippen molar-refractivity contribution in [3.8, 4) is 0 Å². The molecule has 7 nitrogen and oxygen atoms in total. The summed E-state index contributed by atoms with van der Waals surface area (Å²) in [6.45, 7) is 3.99. The van der Waals surface area contributed by atoms with E-state index >= 15 is 0 Å². The molecular formula is C16H18FN3O4. The molecule has 8 heteroatoms. The van der Waals surface area contributed by atoms with Gasteiger partial charge in [-0.1, -0.05) is 0 Å². The number of carbonyl (C=O) groups is 1. The van der Waals surface area contributed by atoms with Gasteiger partial charge in [0, 0.05) is 44.3 Å². The van der Waals surface area contributed by atoms with Crippen molar-refractivity contribution in [3.05, 3.63) is 39.9 Å². The summed E-state index contributed by atoms with van der Waals surface area (Å²) in [5.74, 6) is -1.90. The number of benzene rings is 1. The molecule has 3 rings (SSSR count). The fourth-order valence-corrected chi connectivity index (χ4v) is 2.99. The maximum Gasteiger partial charge on any atom is 0.341 e. The van der Waals surface area contributed by atoms with Crippen LogP contribution in [0.5, 0.6) is 0 Å². The number of aromatic carboxylic acids is 1. The molecule has 0 spiro atoms. The van der Waals surface area contributed by atoms with Gasteiger partial charge in [0.25, 0.3) is 0 Å². The number of pyridine rings is 1. The third-order valence-corrected chi connectivity index (χ3v) is 4.32. The summed E-state index contributed by atoms with van der Waals surface area (Å²) in [4.78, 5) is 25.3. The Morgan fingerprint density at radius 2 is 1.92 bits per heavy atom. The van der Waals surface area contributed by atoms with Gasteiger partial charge in [-0.2, -0.15) is 5.06 Å². The highest BCUT2D eigenvalue weighted by Gasteiger charge is 2.21. The summed E-state index contributed by atoms with van der Waals surface area (Å²) < 4.78 is 16.2. The van der Waals surface area contributed by atoms with Crippen LogP contribution in [0.4, 0.5) is 10.1 Å². The Morgan fingerprint density at radius 3 is 2.50 bits per heavy atom. The summed E-state index contributed by atoms with van der Waals surface area (Å²) in [5, 5.41) is 19.8. The number of fused-ring (bicyclic) bond motifs is 1. The Hall–Kier alpha value is -2.45. The van der Waals surface area contributed by atoms with Crippen LogP contribution in [0.3, 0.4) is 0 Å². The number of carboxylic acid groups (broad SMARTS) is 1. The summed E-state index contributed by atoms with van der Waals surface area (Å²) in [6, 6.07) is 2.69. The standard InChI is InChI=1S/C16H18FN3O4/c1-2-18-9-11(16(22)23)15(21)10-7-12(17)14(8-13(10)18)19-3-5-20(24)6-4-19/h7-9,24H,2-6H2,1H3,(H,22,23). The van der Waals surface area contributed by atoms with E-state index in [4.69, 9.17) is 5.11 Å². The molecule has 1 saturated heterocycles. The second-order valence-corrected chi connectivity index (χ2v) is 5.72. The highest BCUT2D eigenvalue weighted by Crippen LogP contribution is 2.26. The lowest BCUT2D eigenvalue weighted by Gasteiger charge is -2.33. The molecule has 24 heavy (non-hydrogen) atoms. The van der Waals surface area contributed by atoms with Crippen molar-refractivity contribution in [2.45, 2.75) is 13.5 Å². The number of anilines is 1. The Morgan fingerprint density at radius 1 is 1.25 bits per heavy atom. The monoisotopic (exact) mass is 335 g/mol. The lowest BCUT2D eigenvalue weighted by Crippen LogP contribution is -2.45. The van der Waals surface area contributed by atoms with Crippen LogP contribution < -0.4 is 10.3 Å². The van der Waals surface area contributed by atoms with Crippen molar-refractivity contribution in [1.82, 2.24) is 9.63 Å². The summed E-state index contributed by atoms with van der Waals surface area (Å²) in [7, 11) is 0. The second-order valence-electron chi connectivity index (χ2n) is 5.72. The third-order valence-electron chi connectivity index (χ3n) is 4.32. The first-order chi connectivity index (χ1) is 11.4. The third kappa shape index (κ3) is 2.74. The predicted molar refractivity (Wildman–Crippen MR) is 86.4 cm³/mol. The lowest BCUT2D eigenvalue weighted by molar-refractivity contribution is -0.0936. The van der Waals surface area contributed by atoms with Crippen molar-refractivity contribution < 1.29 is 19.5 Å². The van der Waals surface area contributed by atoms with Crippen molar-refractivity contribution in [3.63, 3.8) is 0 Å². The Bertz CT molecular complexity index is 857. The molecule has 0 amide bonds. The number of hydrogen-bond donors (Lipinski definition) is 2. The van der Waals surface area contributed by atoms with Crippen LogP contribution >= 0.6 is 0 Å². The van der Waals surface area contributed by atoms with Crippen LogP contribution in [0.25, 0.3) is 10.9 Å². The van der Waals surface area contributed by atoms with Gasteiger partial charge in [-0.15, -0.1) is 0 Å². The molecule has 2 heterocycles. The highest BCUT2D eigenvalue weighted by atomic mass is 19.1. The van der Waals surface area contributed by atoms with E-state index in [2.05, 4.69) is 0 Å². The molecule has 0 radical (unpaired) electrons. The first kappa shape index (κ1) is 16.4. The van der Waals surface area contributed by atoms with E-state index in [0.29, 0.717) is 43.9 Å². The maximum atomic E-state index is 14.5. The van der Waals surface area contributed by atoms with E-state index in [9.17, 15) is 19.2 Å². The zero-order valence-corrected chi connectivity index (χ0v) is 13.2. The minimum Gasteiger partial charge on any atom is -0.477 e. The van der Waals surface area contributed by atoms with Crippen LogP contribution in [0.15, 0.2) is 23.1 Å². The molecule has 2 N–H and O–H groups in total. The zero-order valence-electron chi connectivity index (χ0n) is 13.2. The molecule has 2 aromatic rings. The summed E-state index contributed by atoms with van der Waals surface area (Å²) in [6.07, 6.45) is 1.29. The van der Waals surface area contributed by atoms with Gasteiger partial charge in [-0.25, -0.2) is 9.18 Å². The van der Waals surface area contributed by atoms with Gasteiger partial charge >= 0.3 is 5.97 Å². The fraction of sp³-hybridized carbons (Fsp3) is 0.375. The molecule has 1 aromatic heterocycles. The molecule has 1 fully saturated rings. The number of aromatic nitrogens is 1. The first-order valence-electron chi connectivity index (χ1n) is 7.71. The van der Waals surface area contributed by atoms with Crippen LogP contribution in [-0.4, -0.2) is 52.1 Å². The first-order valence-corrected chi connectivity index (χ1v) is 7.71. The van der Waals surface area contributed by atoms with Crippen molar-refractivity contribution in [1.29, 1.82) is 0 Å². The van der Waals surface area contributed by atoms with Crippen LogP contribution in [0.1, 0.15) is 17.3 Å². The Labute approximate surface area is 137 Å². The number of hydroxylamine groups is 2. The maximum absolute atomic E-state index is 14.5. The molecular weight excluding hydrogens is 317 g/mol. The molecule has 0 bridgehead atoms. The Balaban J connectivity index is 2.18. The van der Waals surface area contributed by atoms with Gasteiger partial charge < -0.3 is 19.8 Å². The highest BCUT2D eigenvalue weighted by molar-refractivity contribution is 5.93. The van der Waals surface area contributed by atoms with Crippen LogP contribution in [0.2, 0.25) is 0 Å². The fourth-order valence-electron chi connectivity index (χ4n) is 2.99. The summed E-state index contributed by atoms with van der Waals surface area (Å²) >= 11 is 0. The average Bonchev–Trinajstić information content (AvgIpc) is 2.56. The minimum atomic E-state index is -1.33. The van der Waals surface area contributed by atoms with Gasteiger partial charge in [-0.3, -0.25) is 4.79 Å². The molecule has 0 unspecified atom stereocenters. The summed E-state index contributed by atoms with van der Waals surface area (Å²) in [5.41, 5.74) is -0.214. The number of halogens is 1. The van der Waals surface area contributed by atoms with Gasteiger partial charge in [-0.05, 0) is 19.1 Å². The number of carboxylic acids is 1. The quantitative estimate of drug-likeness (QED) is 0.881. The topological polar surface area (TPSA) is 86.0 Å². The molecule has 1 aliphatic rings. The van der Waals surface area contributed by atoms with E-state index in [1.54, 1.807) is 15.5 Å². The number of aryl methyl sites for hydroxylation is 1. The van der Waals surface area contributed by atoms with Gasteiger partial charge in [0.15, 0.2) is 0 Å². The number of piperazine rings is 1. The second kappa shape index (κ2) is 6.21. The number of rotatable bonds is 3. The van der Waals surface area contributed by atoms with Crippen molar-refractivity contribution in [2.24, 2.45) is 0 Å².